The van der Waals surface area contributed by atoms with Crippen LogP contribution in [0.4, 0.5) is 0 Å². The van der Waals surface area contributed by atoms with E-state index in [4.69, 9.17) is 23.2 Å². The number of hydrazine groups is 1. The average molecular weight is 404 g/mol. The maximum Gasteiger partial charge on any atom is 0.243 e. The van der Waals surface area contributed by atoms with E-state index in [0.29, 0.717) is 27.1 Å². The molecule has 3 N–H and O–H groups in total. The van der Waals surface area contributed by atoms with E-state index in [1.165, 1.54) is 6.07 Å². The molecule has 0 saturated carbocycles. The minimum Gasteiger partial charge on any atom is -0.286 e. The van der Waals surface area contributed by atoms with Gasteiger partial charge in [0, 0.05) is 10.0 Å². The van der Waals surface area contributed by atoms with Crippen LogP contribution in [0.2, 0.25) is 10.0 Å². The van der Waals surface area contributed by atoms with Crippen molar-refractivity contribution in [2.45, 2.75) is 39.0 Å². The number of halogens is 2. The molecule has 7 nitrogen and oxygen atoms in total. The van der Waals surface area contributed by atoms with Gasteiger partial charge >= 0.3 is 0 Å². The largest absolute Gasteiger partial charge is 0.286 e. The highest BCUT2D eigenvalue weighted by molar-refractivity contribution is 6.35. The number of carbonyl (C=O) groups excluding carboxylic acids is 3. The van der Waals surface area contributed by atoms with Crippen LogP contribution in [0.25, 0.3) is 0 Å². The highest BCUT2D eigenvalue weighted by atomic mass is 35.5. The molecule has 0 fully saturated rings. The number of amides is 3. The first kappa shape index (κ1) is 22.2. The number of hydrogen-bond donors (Lipinski definition) is 3. The zero-order valence-corrected chi connectivity index (χ0v) is 16.0. The van der Waals surface area contributed by atoms with Gasteiger partial charge in [-0.05, 0) is 24.1 Å². The Hall–Kier alpha value is -1.83. The first-order chi connectivity index (χ1) is 12.4. The van der Waals surface area contributed by atoms with Crippen molar-refractivity contribution >= 4 is 41.4 Å². The number of carbonyl (C=O) groups is 3. The van der Waals surface area contributed by atoms with Crippen molar-refractivity contribution in [1.29, 1.82) is 0 Å². The number of benzene rings is 1. The van der Waals surface area contributed by atoms with Gasteiger partial charge in [0.05, 0.1) is 18.9 Å². The fourth-order valence-electron chi connectivity index (χ4n) is 2.33. The molecule has 0 unspecified atom stereocenters. The van der Waals surface area contributed by atoms with Gasteiger partial charge in [0.1, 0.15) is 0 Å². The summed E-state index contributed by atoms with van der Waals surface area (Å²) in [5.41, 5.74) is 5.22. The molecule has 0 aliphatic rings. The molecule has 0 spiro atoms. The summed E-state index contributed by atoms with van der Waals surface area (Å²) >= 11 is 11.8. The Morgan fingerprint density at radius 2 is 2.00 bits per heavy atom. The van der Waals surface area contributed by atoms with E-state index >= 15 is 0 Å². The molecule has 1 aromatic carbocycles. The molecule has 0 aromatic heterocycles. The molecule has 0 saturated heterocycles. The third kappa shape index (κ3) is 8.03. The van der Waals surface area contributed by atoms with Gasteiger partial charge in [0.25, 0.3) is 0 Å². The van der Waals surface area contributed by atoms with E-state index in [-0.39, 0.29) is 19.4 Å². The van der Waals surface area contributed by atoms with Crippen LogP contribution in [-0.2, 0) is 20.8 Å². The van der Waals surface area contributed by atoms with Crippen LogP contribution in [0.5, 0.6) is 0 Å². The average Bonchev–Trinajstić information content (AvgIpc) is 2.61. The predicted octanol–water partition coefficient (Wildman–Crippen LogP) is 2.73. The quantitative estimate of drug-likeness (QED) is 0.242. The molecule has 0 radical (unpaired) electrons. The lowest BCUT2D eigenvalue weighted by atomic mass is 10.0. The fourth-order valence-corrected chi connectivity index (χ4v) is 2.81. The van der Waals surface area contributed by atoms with E-state index < -0.39 is 17.7 Å². The fraction of sp³-hybridized carbons (Fsp3) is 0.471. The number of rotatable bonds is 10. The number of unbranched alkanes of at least 4 members (excludes halogenated alkanes) is 2. The van der Waals surface area contributed by atoms with E-state index in [1.807, 2.05) is 6.92 Å². The van der Waals surface area contributed by atoms with Crippen molar-refractivity contribution < 1.29 is 19.6 Å². The van der Waals surface area contributed by atoms with Gasteiger partial charge in [-0.15, -0.1) is 0 Å². The lowest BCUT2D eigenvalue weighted by molar-refractivity contribution is -0.155. The lowest BCUT2D eigenvalue weighted by Gasteiger charge is -2.19. The standard InChI is InChI=1S/C17H23Cl2N3O4/c1-2-3-4-5-13(10-22(26)11-23)17(25)21-20-16(24)8-12-6-7-14(18)9-15(12)19/h6-7,9,11,13,26H,2-5,8,10H2,1H3,(H,20,24)(H,21,25)/t13-/m1/s1. The summed E-state index contributed by atoms with van der Waals surface area (Å²) in [5.74, 6) is -1.56. The third-order valence-corrected chi connectivity index (χ3v) is 4.33. The summed E-state index contributed by atoms with van der Waals surface area (Å²) in [6.07, 6.45) is 3.37. The smallest absolute Gasteiger partial charge is 0.243 e. The normalized spacial score (nSPS) is 11.5. The van der Waals surface area contributed by atoms with E-state index in [0.717, 1.165) is 19.3 Å². The van der Waals surface area contributed by atoms with Crippen LogP contribution in [0.3, 0.4) is 0 Å². The molecule has 1 rings (SSSR count). The summed E-state index contributed by atoms with van der Waals surface area (Å²) in [5, 5.41) is 10.6. The molecule has 0 heterocycles. The molecule has 26 heavy (non-hydrogen) atoms. The van der Waals surface area contributed by atoms with Gasteiger partial charge in [-0.3, -0.25) is 30.4 Å². The van der Waals surface area contributed by atoms with E-state index in [2.05, 4.69) is 10.9 Å². The number of hydrogen-bond acceptors (Lipinski definition) is 4. The monoisotopic (exact) mass is 403 g/mol. The maximum absolute atomic E-state index is 12.2. The molecule has 144 valence electrons. The number of nitrogens with one attached hydrogen (secondary N) is 2. The predicted molar refractivity (Wildman–Crippen MR) is 98.6 cm³/mol. The Morgan fingerprint density at radius 3 is 2.62 bits per heavy atom. The van der Waals surface area contributed by atoms with E-state index in [9.17, 15) is 19.6 Å². The van der Waals surface area contributed by atoms with Crippen molar-refractivity contribution in [2.24, 2.45) is 5.92 Å². The van der Waals surface area contributed by atoms with Crippen LogP contribution in [0, 0.1) is 5.92 Å². The van der Waals surface area contributed by atoms with Crippen molar-refractivity contribution in [3.63, 3.8) is 0 Å². The van der Waals surface area contributed by atoms with Crippen molar-refractivity contribution in [3.8, 4) is 0 Å². The highest BCUT2D eigenvalue weighted by Gasteiger charge is 2.21. The molecule has 9 heteroatoms. The second kappa shape index (κ2) is 11.7. The van der Waals surface area contributed by atoms with Gasteiger partial charge < -0.3 is 0 Å². The molecule has 3 amide bonds. The Balaban J connectivity index is 2.55. The van der Waals surface area contributed by atoms with Gasteiger partial charge in [0.2, 0.25) is 18.2 Å². The minimum absolute atomic E-state index is 0.0305. The second-order valence-electron chi connectivity index (χ2n) is 5.87. The molecule has 0 aliphatic heterocycles. The Labute approximate surface area is 162 Å². The maximum atomic E-state index is 12.2. The van der Waals surface area contributed by atoms with Crippen LogP contribution in [-0.4, -0.2) is 35.0 Å². The summed E-state index contributed by atoms with van der Waals surface area (Å²) < 4.78 is 0. The SMILES string of the molecule is CCCCC[C@H](CN(O)C=O)C(=O)NNC(=O)Cc1ccc(Cl)cc1Cl. The first-order valence-electron chi connectivity index (χ1n) is 8.30. The lowest BCUT2D eigenvalue weighted by Crippen LogP contribution is -2.47. The van der Waals surface area contributed by atoms with Gasteiger partial charge in [0.15, 0.2) is 0 Å². The Kier molecular flexibility index (Phi) is 10.0. The Bertz CT molecular complexity index is 628. The highest BCUT2D eigenvalue weighted by Crippen LogP contribution is 2.21. The van der Waals surface area contributed by atoms with E-state index in [1.54, 1.807) is 12.1 Å². The van der Waals surface area contributed by atoms with Crippen LogP contribution in [0.15, 0.2) is 18.2 Å². The molecule has 0 bridgehead atoms. The summed E-state index contributed by atoms with van der Waals surface area (Å²) in [6, 6.07) is 4.78. The van der Waals surface area contributed by atoms with Gasteiger partial charge in [-0.2, -0.15) is 0 Å². The second-order valence-corrected chi connectivity index (χ2v) is 6.71. The van der Waals surface area contributed by atoms with Gasteiger partial charge in [-0.1, -0.05) is 55.5 Å². The van der Waals surface area contributed by atoms with Gasteiger partial charge in [-0.25, -0.2) is 5.06 Å². The molecule has 0 aliphatic carbocycles. The molecule has 1 aromatic rings. The minimum atomic E-state index is -0.629. The van der Waals surface area contributed by atoms with Crippen molar-refractivity contribution in [3.05, 3.63) is 33.8 Å². The number of hydroxylamine groups is 2. The molecular formula is C17H23Cl2N3O4. The van der Waals surface area contributed by atoms with Crippen LogP contribution in [0.1, 0.15) is 38.2 Å². The zero-order chi connectivity index (χ0) is 19.5. The Morgan fingerprint density at radius 1 is 1.27 bits per heavy atom. The summed E-state index contributed by atoms with van der Waals surface area (Å²) in [6.45, 7) is 1.89. The van der Waals surface area contributed by atoms with Crippen LogP contribution >= 0.6 is 23.2 Å². The summed E-state index contributed by atoms with van der Waals surface area (Å²) in [7, 11) is 0. The third-order valence-electron chi connectivity index (χ3n) is 3.75. The first-order valence-corrected chi connectivity index (χ1v) is 9.06. The van der Waals surface area contributed by atoms with Crippen LogP contribution < -0.4 is 10.9 Å². The summed E-state index contributed by atoms with van der Waals surface area (Å²) in [4.78, 5) is 34.8. The topological polar surface area (TPSA) is 98.7 Å². The zero-order valence-electron chi connectivity index (χ0n) is 14.5. The van der Waals surface area contributed by atoms with Crippen molar-refractivity contribution in [2.75, 3.05) is 6.54 Å². The molecular weight excluding hydrogens is 381 g/mol. The van der Waals surface area contributed by atoms with Crippen molar-refractivity contribution in [1.82, 2.24) is 15.9 Å². The molecule has 1 atom stereocenters. The number of nitrogens with zero attached hydrogens (tertiary/aromatic N) is 1.